The molecule has 0 saturated heterocycles. The van der Waals surface area contributed by atoms with Gasteiger partial charge in [-0.1, -0.05) is 6.07 Å². The Morgan fingerprint density at radius 2 is 1.88 bits per heavy atom. The minimum Gasteiger partial charge on any atom is -0.366 e. The molecule has 3 nitrogen and oxygen atoms in total. The SMILES string of the molecule is CCN(C)C=Nc1cc(C)c(Nc2cccc(SC(F)(F)F)c2)cc1C. The van der Waals surface area contributed by atoms with Gasteiger partial charge in [0.1, 0.15) is 0 Å². The monoisotopic (exact) mass is 381 g/mol. The summed E-state index contributed by atoms with van der Waals surface area (Å²) in [4.78, 5) is 6.62. The third kappa shape index (κ3) is 5.98. The van der Waals surface area contributed by atoms with E-state index in [0.717, 1.165) is 29.0 Å². The fraction of sp³-hybridized carbons (Fsp3) is 0.316. The molecule has 0 aliphatic carbocycles. The average molecular weight is 381 g/mol. The van der Waals surface area contributed by atoms with Crippen LogP contribution in [0.4, 0.5) is 30.2 Å². The zero-order valence-electron chi connectivity index (χ0n) is 15.2. The number of thioether (sulfide) groups is 1. The van der Waals surface area contributed by atoms with E-state index in [1.807, 2.05) is 44.9 Å². The first-order valence-electron chi connectivity index (χ1n) is 8.16. The highest BCUT2D eigenvalue weighted by Crippen LogP contribution is 2.38. The van der Waals surface area contributed by atoms with Crippen LogP contribution in [0.2, 0.25) is 0 Å². The van der Waals surface area contributed by atoms with E-state index in [0.29, 0.717) is 5.69 Å². The number of hydrogen-bond acceptors (Lipinski definition) is 3. The van der Waals surface area contributed by atoms with Crippen molar-refractivity contribution in [2.24, 2.45) is 4.99 Å². The molecule has 0 bridgehead atoms. The third-order valence-electron chi connectivity index (χ3n) is 3.78. The largest absolute Gasteiger partial charge is 0.446 e. The quantitative estimate of drug-likeness (QED) is 0.363. The van der Waals surface area contributed by atoms with E-state index in [4.69, 9.17) is 0 Å². The number of nitrogens with one attached hydrogen (secondary N) is 1. The Labute approximate surface area is 156 Å². The van der Waals surface area contributed by atoms with Crippen molar-refractivity contribution in [3.05, 3.63) is 47.5 Å². The van der Waals surface area contributed by atoms with Gasteiger partial charge < -0.3 is 10.2 Å². The van der Waals surface area contributed by atoms with E-state index >= 15 is 0 Å². The van der Waals surface area contributed by atoms with Crippen LogP contribution in [-0.2, 0) is 0 Å². The highest BCUT2D eigenvalue weighted by Gasteiger charge is 2.29. The zero-order valence-corrected chi connectivity index (χ0v) is 16.0. The number of nitrogens with zero attached hydrogens (tertiary/aromatic N) is 2. The van der Waals surface area contributed by atoms with Crippen LogP contribution >= 0.6 is 11.8 Å². The van der Waals surface area contributed by atoms with Gasteiger partial charge in [-0.25, -0.2) is 4.99 Å². The third-order valence-corrected chi connectivity index (χ3v) is 4.50. The maximum Gasteiger partial charge on any atom is 0.446 e. The number of aliphatic imine (C=N–C) groups is 1. The predicted octanol–water partition coefficient (Wildman–Crippen LogP) is 6.27. The Morgan fingerprint density at radius 1 is 1.15 bits per heavy atom. The molecule has 0 radical (unpaired) electrons. The number of hydrogen-bond donors (Lipinski definition) is 1. The van der Waals surface area contributed by atoms with Crippen LogP contribution < -0.4 is 5.32 Å². The van der Waals surface area contributed by atoms with Crippen molar-refractivity contribution >= 4 is 35.2 Å². The highest BCUT2D eigenvalue weighted by molar-refractivity contribution is 8.00. The summed E-state index contributed by atoms with van der Waals surface area (Å²) in [5.41, 5.74) is -0.00970. The number of anilines is 2. The Bertz CT molecular complexity index is 788. The molecule has 2 rings (SSSR count). The Balaban J connectivity index is 2.21. The second-order valence-corrected chi connectivity index (χ2v) is 7.11. The molecule has 2 aromatic rings. The van der Waals surface area contributed by atoms with Gasteiger partial charge in [-0.3, -0.25) is 0 Å². The van der Waals surface area contributed by atoms with Crippen LogP contribution in [0.1, 0.15) is 18.1 Å². The maximum absolute atomic E-state index is 12.5. The molecule has 1 N–H and O–H groups in total. The zero-order chi connectivity index (χ0) is 19.3. The van der Waals surface area contributed by atoms with Crippen molar-refractivity contribution in [1.29, 1.82) is 0 Å². The van der Waals surface area contributed by atoms with Gasteiger partial charge in [0.05, 0.1) is 12.0 Å². The Hall–Kier alpha value is -2.15. The second kappa shape index (κ2) is 8.49. The first kappa shape index (κ1) is 20.2. The number of alkyl halides is 3. The molecule has 0 atom stereocenters. The molecule has 0 spiro atoms. The van der Waals surface area contributed by atoms with Gasteiger partial charge >= 0.3 is 5.51 Å². The van der Waals surface area contributed by atoms with E-state index in [2.05, 4.69) is 10.3 Å². The van der Waals surface area contributed by atoms with Crippen LogP contribution in [-0.4, -0.2) is 30.3 Å². The molecule has 0 heterocycles. The van der Waals surface area contributed by atoms with Crippen molar-refractivity contribution in [1.82, 2.24) is 4.90 Å². The number of rotatable bonds is 6. The van der Waals surface area contributed by atoms with Gasteiger partial charge in [-0.15, -0.1) is 0 Å². The predicted molar refractivity (Wildman–Crippen MR) is 104 cm³/mol. The molecule has 7 heteroatoms. The van der Waals surface area contributed by atoms with E-state index < -0.39 is 5.51 Å². The Kier molecular flexibility index (Phi) is 6.58. The number of halogens is 3. The van der Waals surface area contributed by atoms with Crippen LogP contribution in [0.15, 0.2) is 46.3 Å². The van der Waals surface area contributed by atoms with Crippen molar-refractivity contribution in [3.8, 4) is 0 Å². The lowest BCUT2D eigenvalue weighted by Crippen LogP contribution is -2.14. The van der Waals surface area contributed by atoms with Gasteiger partial charge in [0.2, 0.25) is 0 Å². The standard InChI is InChI=1S/C19H22F3N3S/c1-5-25(4)12-23-17-9-14(3)18(10-13(17)2)24-15-7-6-8-16(11-15)26-19(20,21)22/h6-12,24H,5H2,1-4H3. The van der Waals surface area contributed by atoms with Crippen LogP contribution in [0, 0.1) is 13.8 Å². The molecular formula is C19H22F3N3S. The van der Waals surface area contributed by atoms with Crippen LogP contribution in [0.3, 0.4) is 0 Å². The van der Waals surface area contributed by atoms with Gasteiger partial charge in [0.15, 0.2) is 0 Å². The summed E-state index contributed by atoms with van der Waals surface area (Å²) in [6.07, 6.45) is 1.78. The smallest absolute Gasteiger partial charge is 0.366 e. The molecule has 140 valence electrons. The summed E-state index contributed by atoms with van der Waals surface area (Å²) in [7, 11) is 1.95. The summed E-state index contributed by atoms with van der Waals surface area (Å²) in [6.45, 7) is 6.81. The molecule has 2 aromatic carbocycles. The molecule has 0 aliphatic rings. The van der Waals surface area contributed by atoms with Crippen molar-refractivity contribution in [2.45, 2.75) is 31.2 Å². The van der Waals surface area contributed by atoms with Crippen LogP contribution in [0.25, 0.3) is 0 Å². The molecule has 0 aromatic heterocycles. The summed E-state index contributed by atoms with van der Waals surface area (Å²) in [5.74, 6) is 0. The maximum atomic E-state index is 12.5. The average Bonchev–Trinajstić information content (AvgIpc) is 2.55. The lowest BCUT2D eigenvalue weighted by Gasteiger charge is -2.14. The van der Waals surface area contributed by atoms with Crippen LogP contribution in [0.5, 0.6) is 0 Å². The van der Waals surface area contributed by atoms with E-state index in [1.165, 1.54) is 12.1 Å². The molecular weight excluding hydrogens is 359 g/mol. The minimum atomic E-state index is -4.30. The normalized spacial score (nSPS) is 11.8. The van der Waals surface area contributed by atoms with E-state index in [-0.39, 0.29) is 16.7 Å². The fourth-order valence-corrected chi connectivity index (χ4v) is 2.84. The molecule has 0 saturated carbocycles. The topological polar surface area (TPSA) is 27.6 Å². The number of aryl methyl sites for hydroxylation is 2. The first-order valence-corrected chi connectivity index (χ1v) is 8.98. The lowest BCUT2D eigenvalue weighted by atomic mass is 10.1. The van der Waals surface area contributed by atoms with Gasteiger partial charge in [0.25, 0.3) is 0 Å². The lowest BCUT2D eigenvalue weighted by molar-refractivity contribution is -0.0328. The molecule has 0 fully saturated rings. The van der Waals surface area contributed by atoms with E-state index in [1.54, 1.807) is 18.5 Å². The second-order valence-electron chi connectivity index (χ2n) is 5.97. The number of benzene rings is 2. The summed E-state index contributed by atoms with van der Waals surface area (Å²) in [5, 5.41) is 3.20. The molecule has 0 amide bonds. The summed E-state index contributed by atoms with van der Waals surface area (Å²) >= 11 is -0.117. The van der Waals surface area contributed by atoms with Crippen molar-refractivity contribution < 1.29 is 13.2 Å². The fourth-order valence-electron chi connectivity index (χ4n) is 2.24. The van der Waals surface area contributed by atoms with Gasteiger partial charge in [-0.05, 0) is 74.0 Å². The molecule has 0 aliphatic heterocycles. The van der Waals surface area contributed by atoms with Gasteiger partial charge in [0, 0.05) is 29.9 Å². The Morgan fingerprint density at radius 3 is 2.54 bits per heavy atom. The van der Waals surface area contributed by atoms with Crippen molar-refractivity contribution in [2.75, 3.05) is 18.9 Å². The first-order chi connectivity index (χ1) is 12.2. The van der Waals surface area contributed by atoms with Crippen molar-refractivity contribution in [3.63, 3.8) is 0 Å². The highest BCUT2D eigenvalue weighted by atomic mass is 32.2. The minimum absolute atomic E-state index is 0.117. The summed E-state index contributed by atoms with van der Waals surface area (Å²) in [6, 6.07) is 10.2. The van der Waals surface area contributed by atoms with Gasteiger partial charge in [-0.2, -0.15) is 13.2 Å². The molecule has 0 unspecified atom stereocenters. The summed E-state index contributed by atoms with van der Waals surface area (Å²) < 4.78 is 37.6. The van der Waals surface area contributed by atoms with E-state index in [9.17, 15) is 13.2 Å². The molecule has 26 heavy (non-hydrogen) atoms.